The second kappa shape index (κ2) is 8.42. The summed E-state index contributed by atoms with van der Waals surface area (Å²) >= 11 is 0. The summed E-state index contributed by atoms with van der Waals surface area (Å²) in [7, 11) is 0. The lowest BCUT2D eigenvalue weighted by Gasteiger charge is -2.33. The third-order valence-corrected chi connectivity index (χ3v) is 4.80. The summed E-state index contributed by atoms with van der Waals surface area (Å²) in [5.41, 5.74) is 7.83. The van der Waals surface area contributed by atoms with Crippen molar-refractivity contribution in [2.24, 2.45) is 5.92 Å². The Balaban J connectivity index is 0.00000242. The summed E-state index contributed by atoms with van der Waals surface area (Å²) in [6, 6.07) is 8.65. The molecule has 1 amide bonds. The molecule has 22 heavy (non-hydrogen) atoms. The van der Waals surface area contributed by atoms with Gasteiger partial charge in [0.25, 0.3) is 0 Å². The number of carbonyl (C=O) groups is 1. The molecule has 0 aromatic heterocycles. The molecule has 0 saturated heterocycles. The maximum absolute atomic E-state index is 12.7. The number of anilines is 1. The van der Waals surface area contributed by atoms with Crippen LogP contribution in [-0.2, 0) is 11.2 Å². The number of para-hydroxylation sites is 1. The number of halogens is 1. The molecule has 0 radical (unpaired) electrons. The first-order valence-electron chi connectivity index (χ1n) is 8.19. The fraction of sp³-hybridized carbons (Fsp3) is 0.611. The molecule has 2 rings (SSSR count). The van der Waals surface area contributed by atoms with E-state index in [1.807, 2.05) is 24.3 Å². The lowest BCUT2D eigenvalue weighted by atomic mass is 9.98. The van der Waals surface area contributed by atoms with Gasteiger partial charge >= 0.3 is 0 Å². The van der Waals surface area contributed by atoms with Gasteiger partial charge in [-0.05, 0) is 43.7 Å². The Morgan fingerprint density at radius 1 is 1.32 bits per heavy atom. The van der Waals surface area contributed by atoms with Crippen molar-refractivity contribution in [3.8, 4) is 0 Å². The molecule has 0 aliphatic heterocycles. The second-order valence-corrected chi connectivity index (χ2v) is 6.36. The number of amides is 1. The number of nitrogens with two attached hydrogens (primary N) is 1. The van der Waals surface area contributed by atoms with E-state index in [9.17, 15) is 4.79 Å². The topological polar surface area (TPSA) is 46.3 Å². The zero-order valence-corrected chi connectivity index (χ0v) is 14.7. The van der Waals surface area contributed by atoms with Crippen LogP contribution in [0.3, 0.4) is 0 Å². The number of benzene rings is 1. The standard InChI is InChI=1S/C18H28N2O.ClH/c1-4-13(2)14(3)20(16-10-11-16)18(21)12-9-15-7-5-6-8-17(15)19;/h5-8,13-14,16H,4,9-12,19H2,1-3H3;1H. The molecule has 1 aromatic carbocycles. The van der Waals surface area contributed by atoms with E-state index < -0.39 is 0 Å². The first-order chi connectivity index (χ1) is 10.0. The van der Waals surface area contributed by atoms with Gasteiger partial charge in [-0.3, -0.25) is 4.79 Å². The summed E-state index contributed by atoms with van der Waals surface area (Å²) in [6.07, 6.45) is 4.75. The first-order valence-corrected chi connectivity index (χ1v) is 8.19. The van der Waals surface area contributed by atoms with Crippen LogP contribution >= 0.6 is 12.4 Å². The molecule has 124 valence electrons. The Hall–Kier alpha value is -1.22. The van der Waals surface area contributed by atoms with Crippen LogP contribution in [-0.4, -0.2) is 22.9 Å². The van der Waals surface area contributed by atoms with Gasteiger partial charge in [0.05, 0.1) is 0 Å². The minimum Gasteiger partial charge on any atom is -0.399 e. The number of aryl methyl sites for hydroxylation is 1. The monoisotopic (exact) mass is 324 g/mol. The predicted molar refractivity (Wildman–Crippen MR) is 95.2 cm³/mol. The summed E-state index contributed by atoms with van der Waals surface area (Å²) in [5, 5.41) is 0. The molecule has 0 bridgehead atoms. The summed E-state index contributed by atoms with van der Waals surface area (Å²) in [6.45, 7) is 6.63. The highest BCUT2D eigenvalue weighted by atomic mass is 35.5. The fourth-order valence-electron chi connectivity index (χ4n) is 2.86. The maximum atomic E-state index is 12.7. The van der Waals surface area contributed by atoms with Crippen molar-refractivity contribution < 1.29 is 4.79 Å². The molecule has 1 saturated carbocycles. The average molecular weight is 325 g/mol. The minimum atomic E-state index is 0. The number of nitrogens with zero attached hydrogens (tertiary/aromatic N) is 1. The van der Waals surface area contributed by atoms with Gasteiger partial charge in [-0.2, -0.15) is 0 Å². The van der Waals surface area contributed by atoms with Crippen LogP contribution in [0.4, 0.5) is 5.69 Å². The van der Waals surface area contributed by atoms with Crippen molar-refractivity contribution >= 4 is 24.0 Å². The zero-order chi connectivity index (χ0) is 15.4. The Labute approximate surface area is 140 Å². The van der Waals surface area contributed by atoms with Crippen molar-refractivity contribution in [2.75, 3.05) is 5.73 Å². The van der Waals surface area contributed by atoms with E-state index in [-0.39, 0.29) is 18.3 Å². The molecular weight excluding hydrogens is 296 g/mol. The normalized spacial score (nSPS) is 16.5. The van der Waals surface area contributed by atoms with Gasteiger partial charge in [0.2, 0.25) is 5.91 Å². The van der Waals surface area contributed by atoms with E-state index in [4.69, 9.17) is 5.73 Å². The van der Waals surface area contributed by atoms with Crippen LogP contribution in [0.2, 0.25) is 0 Å². The van der Waals surface area contributed by atoms with Crippen LogP contribution in [0, 0.1) is 5.92 Å². The molecule has 1 aliphatic carbocycles. The van der Waals surface area contributed by atoms with E-state index in [1.165, 1.54) is 12.8 Å². The highest BCUT2D eigenvalue weighted by Gasteiger charge is 2.36. The molecule has 4 heteroatoms. The van der Waals surface area contributed by atoms with Crippen LogP contribution in [0.15, 0.2) is 24.3 Å². The first kappa shape index (κ1) is 18.8. The summed E-state index contributed by atoms with van der Waals surface area (Å²) in [5.74, 6) is 0.838. The summed E-state index contributed by atoms with van der Waals surface area (Å²) < 4.78 is 0. The van der Waals surface area contributed by atoms with E-state index in [0.29, 0.717) is 24.4 Å². The summed E-state index contributed by atoms with van der Waals surface area (Å²) in [4.78, 5) is 14.8. The molecule has 1 aromatic rings. The van der Waals surface area contributed by atoms with Crippen molar-refractivity contribution in [1.29, 1.82) is 0 Å². The van der Waals surface area contributed by atoms with Gasteiger partial charge in [-0.1, -0.05) is 38.5 Å². The highest BCUT2D eigenvalue weighted by molar-refractivity contribution is 5.85. The largest absolute Gasteiger partial charge is 0.399 e. The molecule has 3 nitrogen and oxygen atoms in total. The zero-order valence-electron chi connectivity index (χ0n) is 13.9. The number of hydrogen-bond acceptors (Lipinski definition) is 2. The van der Waals surface area contributed by atoms with E-state index in [1.54, 1.807) is 0 Å². The van der Waals surface area contributed by atoms with Crippen molar-refractivity contribution in [2.45, 2.75) is 65.0 Å². The Bertz CT molecular complexity index is 488. The molecule has 1 fully saturated rings. The van der Waals surface area contributed by atoms with Crippen LogP contribution in [0.25, 0.3) is 0 Å². The van der Waals surface area contributed by atoms with Gasteiger partial charge in [0, 0.05) is 24.2 Å². The lowest BCUT2D eigenvalue weighted by molar-refractivity contribution is -0.134. The fourth-order valence-corrected chi connectivity index (χ4v) is 2.86. The number of rotatable bonds is 7. The van der Waals surface area contributed by atoms with Crippen molar-refractivity contribution in [1.82, 2.24) is 4.90 Å². The Morgan fingerprint density at radius 3 is 2.50 bits per heavy atom. The van der Waals surface area contributed by atoms with E-state index in [2.05, 4.69) is 25.7 Å². The molecule has 2 unspecified atom stereocenters. The quantitative estimate of drug-likeness (QED) is 0.769. The third-order valence-electron chi connectivity index (χ3n) is 4.80. The highest BCUT2D eigenvalue weighted by Crippen LogP contribution is 2.32. The number of nitrogen functional groups attached to an aromatic ring is 1. The molecule has 1 aliphatic rings. The smallest absolute Gasteiger partial charge is 0.223 e. The molecule has 0 spiro atoms. The molecule has 2 atom stereocenters. The second-order valence-electron chi connectivity index (χ2n) is 6.36. The van der Waals surface area contributed by atoms with Gasteiger partial charge < -0.3 is 10.6 Å². The predicted octanol–water partition coefficient (Wildman–Crippen LogP) is 4.05. The molecular formula is C18H29ClN2O. The van der Waals surface area contributed by atoms with Gasteiger partial charge in [-0.15, -0.1) is 12.4 Å². The van der Waals surface area contributed by atoms with Crippen molar-refractivity contribution in [3.05, 3.63) is 29.8 Å². The average Bonchev–Trinajstić information content (AvgIpc) is 3.30. The van der Waals surface area contributed by atoms with E-state index >= 15 is 0 Å². The molecule has 2 N–H and O–H groups in total. The number of hydrogen-bond donors (Lipinski definition) is 1. The van der Waals surface area contributed by atoms with Crippen LogP contribution in [0.1, 0.15) is 52.0 Å². The minimum absolute atomic E-state index is 0. The van der Waals surface area contributed by atoms with E-state index in [0.717, 1.165) is 24.1 Å². The van der Waals surface area contributed by atoms with Gasteiger partial charge in [0.1, 0.15) is 0 Å². The Morgan fingerprint density at radius 2 is 1.95 bits per heavy atom. The van der Waals surface area contributed by atoms with Crippen LogP contribution in [0.5, 0.6) is 0 Å². The molecule has 0 heterocycles. The number of carbonyl (C=O) groups excluding carboxylic acids is 1. The Kier molecular flexibility index (Phi) is 7.21. The SMILES string of the molecule is CCC(C)C(C)N(C(=O)CCc1ccccc1N)C1CC1.Cl. The lowest BCUT2D eigenvalue weighted by Crippen LogP contribution is -2.43. The van der Waals surface area contributed by atoms with Gasteiger partial charge in [-0.25, -0.2) is 0 Å². The van der Waals surface area contributed by atoms with Crippen molar-refractivity contribution in [3.63, 3.8) is 0 Å². The van der Waals surface area contributed by atoms with Gasteiger partial charge in [0.15, 0.2) is 0 Å². The van der Waals surface area contributed by atoms with Crippen LogP contribution < -0.4 is 5.73 Å². The maximum Gasteiger partial charge on any atom is 0.223 e. The third kappa shape index (κ3) is 4.64.